The van der Waals surface area contributed by atoms with Crippen LogP contribution in [0.1, 0.15) is 22.5 Å². The Morgan fingerprint density at radius 2 is 2.41 bits per heavy atom. The van der Waals surface area contributed by atoms with Crippen LogP contribution in [-0.2, 0) is 7.05 Å². The summed E-state index contributed by atoms with van der Waals surface area (Å²) < 4.78 is 1.70. The Balaban J connectivity index is 2.04. The molecule has 2 heterocycles. The molecular weight excluding hydrogens is 216 g/mol. The predicted molar refractivity (Wildman–Crippen MR) is 65.9 cm³/mol. The first-order chi connectivity index (χ1) is 8.11. The number of aromatic nitrogens is 2. The van der Waals surface area contributed by atoms with Gasteiger partial charge in [0, 0.05) is 26.3 Å². The number of carbonyl (C=O) groups excluding carboxylic acids is 1. The molecule has 0 bridgehead atoms. The molecule has 0 aromatic carbocycles. The minimum Gasteiger partial charge on any atom is -0.338 e. The van der Waals surface area contributed by atoms with Crippen LogP contribution in [-0.4, -0.2) is 47.3 Å². The molecule has 1 aromatic rings. The van der Waals surface area contributed by atoms with Gasteiger partial charge in [0.2, 0.25) is 0 Å². The van der Waals surface area contributed by atoms with Crippen LogP contribution in [0.25, 0.3) is 0 Å². The molecule has 5 nitrogen and oxygen atoms in total. The van der Waals surface area contributed by atoms with Gasteiger partial charge in [-0.15, -0.1) is 0 Å². The first kappa shape index (κ1) is 12.1. The molecule has 5 heteroatoms. The second-order valence-electron chi connectivity index (χ2n) is 4.77. The Hall–Kier alpha value is -1.36. The molecular formula is C12H20N4O. The number of hydrogen-bond donors (Lipinski definition) is 1. The molecule has 1 aliphatic rings. The summed E-state index contributed by atoms with van der Waals surface area (Å²) in [4.78, 5) is 14.2. The topological polar surface area (TPSA) is 50.2 Å². The van der Waals surface area contributed by atoms with Crippen LogP contribution < -0.4 is 5.32 Å². The average molecular weight is 236 g/mol. The molecule has 0 aliphatic carbocycles. The number of aryl methyl sites for hydroxylation is 2. The monoisotopic (exact) mass is 236 g/mol. The van der Waals surface area contributed by atoms with Gasteiger partial charge in [-0.1, -0.05) is 0 Å². The van der Waals surface area contributed by atoms with Gasteiger partial charge in [-0.05, 0) is 32.9 Å². The summed E-state index contributed by atoms with van der Waals surface area (Å²) in [5, 5.41) is 7.39. The van der Waals surface area contributed by atoms with Gasteiger partial charge < -0.3 is 10.2 Å². The molecule has 1 aromatic heterocycles. The zero-order chi connectivity index (χ0) is 12.4. The zero-order valence-corrected chi connectivity index (χ0v) is 10.7. The van der Waals surface area contributed by atoms with Crippen LogP contribution in [0.2, 0.25) is 0 Å². The lowest BCUT2D eigenvalue weighted by atomic mass is 10.1. The van der Waals surface area contributed by atoms with E-state index in [2.05, 4.69) is 10.4 Å². The molecule has 0 radical (unpaired) electrons. The van der Waals surface area contributed by atoms with E-state index in [0.717, 1.165) is 37.3 Å². The van der Waals surface area contributed by atoms with Crippen molar-refractivity contribution < 1.29 is 4.79 Å². The van der Waals surface area contributed by atoms with E-state index in [9.17, 15) is 4.79 Å². The first-order valence-electron chi connectivity index (χ1n) is 6.06. The summed E-state index contributed by atoms with van der Waals surface area (Å²) in [7, 11) is 3.80. The summed E-state index contributed by atoms with van der Waals surface area (Å²) in [6, 6.07) is 0. The highest BCUT2D eigenvalue weighted by Crippen LogP contribution is 2.19. The van der Waals surface area contributed by atoms with Crippen LogP contribution in [0.4, 0.5) is 0 Å². The van der Waals surface area contributed by atoms with E-state index in [0.29, 0.717) is 5.92 Å². The van der Waals surface area contributed by atoms with Gasteiger partial charge in [0.25, 0.3) is 5.91 Å². The van der Waals surface area contributed by atoms with E-state index in [1.165, 1.54) is 0 Å². The number of amides is 1. The fourth-order valence-corrected chi connectivity index (χ4v) is 2.45. The van der Waals surface area contributed by atoms with E-state index in [1.807, 2.05) is 32.1 Å². The van der Waals surface area contributed by atoms with Gasteiger partial charge in [0.05, 0.1) is 11.3 Å². The maximum Gasteiger partial charge on any atom is 0.257 e. The standard InChI is InChI=1S/C12H20N4O/c1-9-11(8-15(3)14-9)12(17)16-5-4-10(7-16)6-13-2/h8,10,13H,4-7H2,1-3H3. The van der Waals surface area contributed by atoms with Gasteiger partial charge in [0.1, 0.15) is 0 Å². The van der Waals surface area contributed by atoms with Crippen molar-refractivity contribution in [2.75, 3.05) is 26.7 Å². The van der Waals surface area contributed by atoms with Crippen molar-refractivity contribution in [3.8, 4) is 0 Å². The Morgan fingerprint density at radius 3 is 3.00 bits per heavy atom. The second kappa shape index (κ2) is 4.87. The normalized spacial score (nSPS) is 19.9. The maximum absolute atomic E-state index is 12.3. The molecule has 1 atom stereocenters. The van der Waals surface area contributed by atoms with E-state index in [1.54, 1.807) is 4.68 Å². The molecule has 1 fully saturated rings. The predicted octanol–water partition coefficient (Wildman–Crippen LogP) is 0.410. The van der Waals surface area contributed by atoms with Crippen LogP contribution in [0, 0.1) is 12.8 Å². The number of nitrogens with one attached hydrogen (secondary N) is 1. The molecule has 1 aliphatic heterocycles. The molecule has 0 saturated carbocycles. The Bertz CT molecular complexity index is 413. The summed E-state index contributed by atoms with van der Waals surface area (Å²) in [6.45, 7) is 4.58. The largest absolute Gasteiger partial charge is 0.338 e. The maximum atomic E-state index is 12.3. The lowest BCUT2D eigenvalue weighted by molar-refractivity contribution is 0.0786. The fraction of sp³-hybridized carbons (Fsp3) is 0.667. The van der Waals surface area contributed by atoms with Crippen LogP contribution in [0.3, 0.4) is 0 Å². The summed E-state index contributed by atoms with van der Waals surface area (Å²) in [5.41, 5.74) is 1.55. The minimum absolute atomic E-state index is 0.120. The molecule has 1 amide bonds. The molecule has 94 valence electrons. The van der Waals surface area contributed by atoms with E-state index in [-0.39, 0.29) is 5.91 Å². The van der Waals surface area contributed by atoms with Gasteiger partial charge in [-0.3, -0.25) is 9.48 Å². The highest BCUT2D eigenvalue weighted by atomic mass is 16.2. The molecule has 2 rings (SSSR count). The van der Waals surface area contributed by atoms with Gasteiger partial charge in [-0.25, -0.2) is 0 Å². The lowest BCUT2D eigenvalue weighted by Gasteiger charge is -2.15. The number of carbonyl (C=O) groups is 1. The number of nitrogens with zero attached hydrogens (tertiary/aromatic N) is 3. The van der Waals surface area contributed by atoms with Crippen LogP contribution in [0.5, 0.6) is 0 Å². The number of hydrogen-bond acceptors (Lipinski definition) is 3. The third kappa shape index (κ3) is 2.49. The number of likely N-dealkylation sites (tertiary alicyclic amines) is 1. The Morgan fingerprint density at radius 1 is 1.65 bits per heavy atom. The molecule has 1 saturated heterocycles. The summed E-state index contributed by atoms with van der Waals surface area (Å²) in [5.74, 6) is 0.704. The van der Waals surface area contributed by atoms with Crippen molar-refractivity contribution >= 4 is 5.91 Å². The molecule has 17 heavy (non-hydrogen) atoms. The van der Waals surface area contributed by atoms with Crippen LogP contribution >= 0.6 is 0 Å². The van der Waals surface area contributed by atoms with E-state index >= 15 is 0 Å². The summed E-state index contributed by atoms with van der Waals surface area (Å²) in [6.07, 6.45) is 2.90. The highest BCUT2D eigenvalue weighted by Gasteiger charge is 2.27. The fourth-order valence-electron chi connectivity index (χ4n) is 2.45. The molecule has 1 unspecified atom stereocenters. The van der Waals surface area contributed by atoms with Crippen molar-refractivity contribution in [2.24, 2.45) is 13.0 Å². The lowest BCUT2D eigenvalue weighted by Crippen LogP contribution is -2.30. The van der Waals surface area contributed by atoms with Crippen molar-refractivity contribution in [3.63, 3.8) is 0 Å². The average Bonchev–Trinajstić information content (AvgIpc) is 2.85. The quantitative estimate of drug-likeness (QED) is 0.827. The Kier molecular flexibility index (Phi) is 3.47. The smallest absolute Gasteiger partial charge is 0.257 e. The number of rotatable bonds is 3. The SMILES string of the molecule is CNCC1CCN(C(=O)c2cn(C)nc2C)C1. The molecule has 0 spiro atoms. The highest BCUT2D eigenvalue weighted by molar-refractivity contribution is 5.95. The van der Waals surface area contributed by atoms with Gasteiger partial charge in [-0.2, -0.15) is 5.10 Å². The van der Waals surface area contributed by atoms with Crippen molar-refractivity contribution in [1.29, 1.82) is 0 Å². The first-order valence-corrected chi connectivity index (χ1v) is 6.06. The van der Waals surface area contributed by atoms with Crippen molar-refractivity contribution in [2.45, 2.75) is 13.3 Å². The third-order valence-electron chi connectivity index (χ3n) is 3.31. The van der Waals surface area contributed by atoms with Crippen molar-refractivity contribution in [1.82, 2.24) is 20.0 Å². The second-order valence-corrected chi connectivity index (χ2v) is 4.77. The third-order valence-corrected chi connectivity index (χ3v) is 3.31. The van der Waals surface area contributed by atoms with Gasteiger partial charge >= 0.3 is 0 Å². The summed E-state index contributed by atoms with van der Waals surface area (Å²) >= 11 is 0. The van der Waals surface area contributed by atoms with E-state index < -0.39 is 0 Å². The Labute approximate surface area is 102 Å². The zero-order valence-electron chi connectivity index (χ0n) is 10.7. The van der Waals surface area contributed by atoms with Crippen LogP contribution in [0.15, 0.2) is 6.20 Å². The van der Waals surface area contributed by atoms with Gasteiger partial charge in [0.15, 0.2) is 0 Å². The van der Waals surface area contributed by atoms with Crippen molar-refractivity contribution in [3.05, 3.63) is 17.5 Å². The van der Waals surface area contributed by atoms with E-state index in [4.69, 9.17) is 0 Å². The molecule has 1 N–H and O–H groups in total. The minimum atomic E-state index is 0.120.